The van der Waals surface area contributed by atoms with Gasteiger partial charge in [0.2, 0.25) is 0 Å². The van der Waals surface area contributed by atoms with Crippen molar-refractivity contribution in [2.24, 2.45) is 5.10 Å². The number of morpholine rings is 1. The van der Waals surface area contributed by atoms with Gasteiger partial charge in [-0.3, -0.25) is 9.69 Å². The van der Waals surface area contributed by atoms with E-state index in [1.165, 1.54) is 0 Å². The Bertz CT molecular complexity index is 887. The molecule has 9 heteroatoms. The van der Waals surface area contributed by atoms with Gasteiger partial charge in [0.1, 0.15) is 6.61 Å². The lowest BCUT2D eigenvalue weighted by atomic mass is 10.2. The van der Waals surface area contributed by atoms with E-state index in [0.717, 1.165) is 32.3 Å². The zero-order valence-electron chi connectivity index (χ0n) is 16.6. The summed E-state index contributed by atoms with van der Waals surface area (Å²) in [7, 11) is 1.60. The molecule has 0 saturated carbocycles. The molecule has 0 unspecified atom stereocenters. The molecule has 1 aliphatic heterocycles. The molecule has 1 fully saturated rings. The Kier molecular flexibility index (Phi) is 8.91. The minimum atomic E-state index is -0.149. The van der Waals surface area contributed by atoms with Crippen molar-refractivity contribution in [3.63, 3.8) is 0 Å². The summed E-state index contributed by atoms with van der Waals surface area (Å²) in [5.41, 5.74) is 4.44. The van der Waals surface area contributed by atoms with Crippen LogP contribution in [0.2, 0.25) is 0 Å². The molecule has 30 heavy (non-hydrogen) atoms. The highest BCUT2D eigenvalue weighted by Crippen LogP contribution is 2.34. The van der Waals surface area contributed by atoms with Crippen LogP contribution in [0.5, 0.6) is 11.5 Å². The third kappa shape index (κ3) is 6.93. The quantitative estimate of drug-likeness (QED) is 0.291. The summed E-state index contributed by atoms with van der Waals surface area (Å²) in [5.74, 6) is 1.14. The minimum Gasteiger partial charge on any atom is -0.493 e. The van der Waals surface area contributed by atoms with Gasteiger partial charge in [-0.2, -0.15) is 5.10 Å². The molecule has 0 bridgehead atoms. The smallest absolute Gasteiger partial charge is 0.254 e. The van der Waals surface area contributed by atoms with Gasteiger partial charge in [0, 0.05) is 17.6 Å². The second-order valence-corrected chi connectivity index (χ2v) is 8.71. The van der Waals surface area contributed by atoms with E-state index in [1.807, 2.05) is 41.3 Å². The molecule has 1 saturated heterocycles. The first-order valence-corrected chi connectivity index (χ1v) is 11.3. The first-order chi connectivity index (χ1) is 14.5. The number of carbonyl (C=O) groups excluding carboxylic acids is 1. The van der Waals surface area contributed by atoms with Gasteiger partial charge in [-0.05, 0) is 58.0 Å². The fourth-order valence-corrected chi connectivity index (χ4v) is 3.91. The van der Waals surface area contributed by atoms with Crippen molar-refractivity contribution < 1.29 is 19.0 Å². The number of nitrogens with one attached hydrogen (secondary N) is 1. The van der Waals surface area contributed by atoms with E-state index >= 15 is 0 Å². The molecular weight excluding hydrogens is 565 g/mol. The Balaban J connectivity index is 1.59. The molecule has 1 N–H and O–H groups in total. The highest BCUT2D eigenvalue weighted by molar-refractivity contribution is 14.1. The molecule has 160 valence electrons. The molecule has 0 spiro atoms. The second kappa shape index (κ2) is 11.6. The van der Waals surface area contributed by atoms with Crippen LogP contribution < -0.4 is 14.9 Å². The Morgan fingerprint density at radius 3 is 2.73 bits per heavy atom. The van der Waals surface area contributed by atoms with Crippen LogP contribution in [0.1, 0.15) is 11.1 Å². The number of hydrogen-bond acceptors (Lipinski definition) is 6. The first kappa shape index (κ1) is 23.0. The number of benzene rings is 2. The highest BCUT2D eigenvalue weighted by Gasteiger charge is 2.14. The van der Waals surface area contributed by atoms with Crippen LogP contribution in [0.4, 0.5) is 0 Å². The van der Waals surface area contributed by atoms with E-state index in [-0.39, 0.29) is 5.91 Å². The lowest BCUT2D eigenvalue weighted by Gasteiger charge is -2.25. The lowest BCUT2D eigenvalue weighted by molar-refractivity contribution is -0.123. The highest BCUT2D eigenvalue weighted by atomic mass is 127. The molecule has 3 rings (SSSR count). The van der Waals surface area contributed by atoms with E-state index in [9.17, 15) is 4.79 Å². The number of carbonyl (C=O) groups is 1. The van der Waals surface area contributed by atoms with Gasteiger partial charge in [0.15, 0.2) is 11.5 Å². The fraction of sp³-hybridized carbons (Fsp3) is 0.333. The van der Waals surface area contributed by atoms with E-state index in [2.05, 4.69) is 49.0 Å². The zero-order chi connectivity index (χ0) is 21.3. The SMILES string of the molecule is COc1cc(/C=N/NC(=O)CN2CCOCC2)cc(I)c1OCc1ccc(Br)cc1. The summed E-state index contributed by atoms with van der Waals surface area (Å²) >= 11 is 5.63. The van der Waals surface area contributed by atoms with Gasteiger partial charge in [-0.1, -0.05) is 28.1 Å². The van der Waals surface area contributed by atoms with Crippen LogP contribution >= 0.6 is 38.5 Å². The van der Waals surface area contributed by atoms with E-state index in [1.54, 1.807) is 13.3 Å². The fourth-order valence-electron chi connectivity index (χ4n) is 2.87. The number of nitrogens with zero attached hydrogens (tertiary/aromatic N) is 2. The predicted molar refractivity (Wildman–Crippen MR) is 127 cm³/mol. The maximum atomic E-state index is 12.0. The van der Waals surface area contributed by atoms with Crippen molar-refractivity contribution in [3.8, 4) is 11.5 Å². The van der Waals surface area contributed by atoms with Crippen LogP contribution in [0, 0.1) is 3.57 Å². The largest absolute Gasteiger partial charge is 0.493 e. The van der Waals surface area contributed by atoms with E-state index < -0.39 is 0 Å². The van der Waals surface area contributed by atoms with E-state index in [0.29, 0.717) is 37.9 Å². The Labute approximate surface area is 198 Å². The van der Waals surface area contributed by atoms with Crippen LogP contribution in [-0.4, -0.2) is 57.0 Å². The van der Waals surface area contributed by atoms with Crippen molar-refractivity contribution in [2.75, 3.05) is 40.0 Å². The number of halogens is 2. The van der Waals surface area contributed by atoms with Gasteiger partial charge in [-0.25, -0.2) is 5.43 Å². The summed E-state index contributed by atoms with van der Waals surface area (Å²) in [4.78, 5) is 14.1. The van der Waals surface area contributed by atoms with Gasteiger partial charge in [0.25, 0.3) is 5.91 Å². The van der Waals surface area contributed by atoms with Crippen LogP contribution in [0.15, 0.2) is 46.0 Å². The average molecular weight is 588 g/mol. The van der Waals surface area contributed by atoms with Crippen LogP contribution in [0.3, 0.4) is 0 Å². The van der Waals surface area contributed by atoms with Gasteiger partial charge >= 0.3 is 0 Å². The summed E-state index contributed by atoms with van der Waals surface area (Å²) < 4.78 is 18.7. The topological polar surface area (TPSA) is 72.4 Å². The maximum Gasteiger partial charge on any atom is 0.254 e. The normalized spacial score (nSPS) is 14.6. The lowest BCUT2D eigenvalue weighted by Crippen LogP contribution is -2.42. The van der Waals surface area contributed by atoms with Gasteiger partial charge in [-0.15, -0.1) is 0 Å². The second-order valence-electron chi connectivity index (χ2n) is 6.63. The number of amides is 1. The summed E-state index contributed by atoms with van der Waals surface area (Å²) in [5, 5.41) is 4.07. The Morgan fingerprint density at radius 2 is 2.03 bits per heavy atom. The number of hydrazone groups is 1. The molecule has 7 nitrogen and oxygen atoms in total. The third-order valence-corrected chi connectivity index (χ3v) is 5.75. The molecule has 1 aliphatic rings. The molecule has 1 amide bonds. The van der Waals surface area contributed by atoms with Crippen LogP contribution in [0.25, 0.3) is 0 Å². The molecule has 0 atom stereocenters. The molecule has 0 aliphatic carbocycles. The number of rotatable bonds is 8. The molecule has 0 radical (unpaired) electrons. The van der Waals surface area contributed by atoms with Crippen LogP contribution in [-0.2, 0) is 16.1 Å². The predicted octanol–water partition coefficient (Wildman–Crippen LogP) is 3.42. The monoisotopic (exact) mass is 587 g/mol. The zero-order valence-corrected chi connectivity index (χ0v) is 20.3. The number of ether oxygens (including phenoxy) is 3. The molecule has 1 heterocycles. The van der Waals surface area contributed by atoms with Crippen molar-refractivity contribution in [1.82, 2.24) is 10.3 Å². The molecule has 2 aromatic rings. The van der Waals surface area contributed by atoms with E-state index in [4.69, 9.17) is 14.2 Å². The summed E-state index contributed by atoms with van der Waals surface area (Å²) in [6.45, 7) is 3.58. The van der Waals surface area contributed by atoms with Crippen molar-refractivity contribution in [1.29, 1.82) is 0 Å². The van der Waals surface area contributed by atoms with Gasteiger partial charge in [0.05, 0.1) is 36.7 Å². The number of hydrogen-bond donors (Lipinski definition) is 1. The number of methoxy groups -OCH3 is 1. The standard InChI is InChI=1S/C21H23BrIN3O4/c1-28-19-11-16(12-24-25-20(27)13-26-6-8-29-9-7-26)10-18(23)21(19)30-14-15-2-4-17(22)5-3-15/h2-5,10-12H,6-9,13-14H2,1H3,(H,25,27)/b24-12+. The van der Waals surface area contributed by atoms with Gasteiger partial charge < -0.3 is 14.2 Å². The summed E-state index contributed by atoms with van der Waals surface area (Å²) in [6, 6.07) is 11.7. The van der Waals surface area contributed by atoms with Crippen molar-refractivity contribution >= 4 is 50.6 Å². The Hall–Kier alpha value is -1.69. The summed E-state index contributed by atoms with van der Waals surface area (Å²) in [6.07, 6.45) is 1.60. The molecular formula is C21H23BrIN3O4. The molecule has 0 aromatic heterocycles. The maximum absolute atomic E-state index is 12.0. The van der Waals surface area contributed by atoms with Crippen molar-refractivity contribution in [2.45, 2.75) is 6.61 Å². The van der Waals surface area contributed by atoms with Crippen molar-refractivity contribution in [3.05, 3.63) is 55.6 Å². The molecule has 2 aromatic carbocycles. The Morgan fingerprint density at radius 1 is 1.30 bits per heavy atom. The first-order valence-electron chi connectivity index (χ1n) is 9.42. The minimum absolute atomic E-state index is 0.149. The third-order valence-electron chi connectivity index (χ3n) is 4.42. The average Bonchev–Trinajstić information content (AvgIpc) is 2.74.